The van der Waals surface area contributed by atoms with Crippen LogP contribution in [0.5, 0.6) is 0 Å². The van der Waals surface area contributed by atoms with Crippen LogP contribution in [0.15, 0.2) is 0 Å². The quantitative estimate of drug-likeness (QED) is 0.679. The Morgan fingerprint density at radius 2 is 2.00 bits per heavy atom. The molecule has 0 aliphatic heterocycles. The molecule has 1 rings (SSSR count). The van der Waals surface area contributed by atoms with Crippen molar-refractivity contribution in [1.82, 2.24) is 4.90 Å². The molecule has 1 aliphatic rings. The van der Waals surface area contributed by atoms with E-state index in [9.17, 15) is 5.11 Å². The van der Waals surface area contributed by atoms with Crippen LogP contribution in [-0.2, 0) is 0 Å². The van der Waals surface area contributed by atoms with Gasteiger partial charge in [0.15, 0.2) is 0 Å². The summed E-state index contributed by atoms with van der Waals surface area (Å²) in [5.41, 5.74) is -0.487. The first kappa shape index (κ1) is 10.0. The summed E-state index contributed by atoms with van der Waals surface area (Å²) in [5.74, 6) is 0. The van der Waals surface area contributed by atoms with Gasteiger partial charge in [0.2, 0.25) is 0 Å². The molecule has 0 bridgehead atoms. The molecule has 1 saturated carbocycles. The molecule has 1 N–H and O–H groups in total. The van der Waals surface area contributed by atoms with Gasteiger partial charge in [-0.05, 0) is 32.7 Å². The van der Waals surface area contributed by atoms with Crippen molar-refractivity contribution in [3.05, 3.63) is 0 Å². The van der Waals surface area contributed by atoms with Crippen molar-refractivity contribution < 1.29 is 5.11 Å². The van der Waals surface area contributed by atoms with E-state index in [0.29, 0.717) is 0 Å². The van der Waals surface area contributed by atoms with Gasteiger partial charge < -0.3 is 5.11 Å². The molecule has 1 fully saturated rings. The Morgan fingerprint density at radius 1 is 1.42 bits per heavy atom. The maximum absolute atomic E-state index is 9.86. The van der Waals surface area contributed by atoms with Crippen LogP contribution in [0.3, 0.4) is 0 Å². The molecule has 12 heavy (non-hydrogen) atoms. The highest BCUT2D eigenvalue weighted by Gasteiger charge is 2.31. The van der Waals surface area contributed by atoms with Crippen LogP contribution >= 0.6 is 0 Å². The van der Waals surface area contributed by atoms with Gasteiger partial charge in [-0.1, -0.05) is 13.8 Å². The molecule has 0 saturated heterocycles. The van der Waals surface area contributed by atoms with Crippen LogP contribution in [0.1, 0.15) is 40.0 Å². The minimum atomic E-state index is -0.487. The normalized spacial score (nSPS) is 22.8. The van der Waals surface area contributed by atoms with Crippen molar-refractivity contribution in [3.8, 4) is 0 Å². The molecule has 2 nitrogen and oxygen atoms in total. The Morgan fingerprint density at radius 3 is 2.33 bits per heavy atom. The van der Waals surface area contributed by atoms with E-state index in [1.54, 1.807) is 0 Å². The molecular weight excluding hydrogens is 150 g/mol. The monoisotopic (exact) mass is 171 g/mol. The second kappa shape index (κ2) is 3.75. The van der Waals surface area contributed by atoms with Crippen LogP contribution in [0.25, 0.3) is 0 Å². The van der Waals surface area contributed by atoms with Crippen molar-refractivity contribution in [1.29, 1.82) is 0 Å². The van der Waals surface area contributed by atoms with Gasteiger partial charge >= 0.3 is 0 Å². The molecule has 1 unspecified atom stereocenters. The second-order valence-corrected chi connectivity index (χ2v) is 4.14. The number of likely N-dealkylation sites (N-methyl/N-ethyl adjacent to an activating group) is 1. The molecule has 1 aliphatic carbocycles. The Kier molecular flexibility index (Phi) is 3.13. The molecule has 2 heteroatoms. The summed E-state index contributed by atoms with van der Waals surface area (Å²) in [7, 11) is 0. The molecule has 0 aromatic rings. The zero-order valence-corrected chi connectivity index (χ0v) is 8.51. The largest absolute Gasteiger partial charge is 0.389 e. The molecule has 0 aromatic heterocycles. The highest BCUT2D eigenvalue weighted by molar-refractivity contribution is 4.87. The number of aliphatic hydroxyl groups is 1. The first-order valence-electron chi connectivity index (χ1n) is 5.05. The number of nitrogens with zero attached hydrogens (tertiary/aromatic N) is 1. The Labute approximate surface area is 75.6 Å². The topological polar surface area (TPSA) is 23.5 Å². The van der Waals surface area contributed by atoms with E-state index in [-0.39, 0.29) is 0 Å². The highest BCUT2D eigenvalue weighted by atomic mass is 16.3. The van der Waals surface area contributed by atoms with E-state index >= 15 is 0 Å². The fourth-order valence-electron chi connectivity index (χ4n) is 1.49. The van der Waals surface area contributed by atoms with E-state index < -0.39 is 5.60 Å². The third kappa shape index (κ3) is 2.76. The third-order valence-corrected chi connectivity index (χ3v) is 2.77. The Bertz CT molecular complexity index is 141. The molecule has 0 aromatic carbocycles. The Balaban J connectivity index is 2.35. The van der Waals surface area contributed by atoms with Gasteiger partial charge in [0.25, 0.3) is 0 Å². The van der Waals surface area contributed by atoms with E-state index in [0.717, 1.165) is 25.6 Å². The van der Waals surface area contributed by atoms with Crippen LogP contribution in [-0.4, -0.2) is 34.7 Å². The smallest absolute Gasteiger partial charge is 0.0743 e. The van der Waals surface area contributed by atoms with Crippen molar-refractivity contribution in [2.24, 2.45) is 0 Å². The van der Waals surface area contributed by atoms with Crippen LogP contribution in [0, 0.1) is 0 Å². The predicted octanol–water partition coefficient (Wildman–Crippen LogP) is 1.63. The van der Waals surface area contributed by atoms with Crippen molar-refractivity contribution >= 4 is 0 Å². The third-order valence-electron chi connectivity index (χ3n) is 2.77. The summed E-state index contributed by atoms with van der Waals surface area (Å²) in [6.45, 7) is 8.05. The SMILES string of the molecule is CCN(CC(C)(O)CC)C1CC1. The molecule has 0 heterocycles. The van der Waals surface area contributed by atoms with Gasteiger partial charge in [-0.15, -0.1) is 0 Å². The number of hydrogen-bond acceptors (Lipinski definition) is 2. The molecular formula is C10H21NO. The minimum Gasteiger partial charge on any atom is -0.389 e. The van der Waals surface area contributed by atoms with Gasteiger partial charge in [-0.2, -0.15) is 0 Å². The first-order chi connectivity index (χ1) is 5.59. The molecule has 72 valence electrons. The van der Waals surface area contributed by atoms with Crippen molar-refractivity contribution in [2.45, 2.75) is 51.7 Å². The average Bonchev–Trinajstić information content (AvgIpc) is 2.83. The fraction of sp³-hybridized carbons (Fsp3) is 1.00. The predicted molar refractivity (Wildman–Crippen MR) is 51.2 cm³/mol. The van der Waals surface area contributed by atoms with E-state index in [1.165, 1.54) is 12.8 Å². The molecule has 0 radical (unpaired) electrons. The number of hydrogen-bond donors (Lipinski definition) is 1. The molecule has 1 atom stereocenters. The summed E-state index contributed by atoms with van der Waals surface area (Å²) in [6, 6.07) is 0.771. The first-order valence-corrected chi connectivity index (χ1v) is 5.05. The lowest BCUT2D eigenvalue weighted by molar-refractivity contribution is 0.0153. The van der Waals surface area contributed by atoms with E-state index in [1.807, 2.05) is 13.8 Å². The second-order valence-electron chi connectivity index (χ2n) is 4.14. The fourth-order valence-corrected chi connectivity index (χ4v) is 1.49. The van der Waals surface area contributed by atoms with Gasteiger partial charge in [-0.3, -0.25) is 4.90 Å². The van der Waals surface area contributed by atoms with E-state index in [2.05, 4.69) is 11.8 Å². The lowest BCUT2D eigenvalue weighted by Gasteiger charge is -2.30. The minimum absolute atomic E-state index is 0.487. The van der Waals surface area contributed by atoms with Gasteiger partial charge in [-0.25, -0.2) is 0 Å². The van der Waals surface area contributed by atoms with Crippen LogP contribution in [0.2, 0.25) is 0 Å². The summed E-state index contributed by atoms with van der Waals surface area (Å²) >= 11 is 0. The van der Waals surface area contributed by atoms with Crippen molar-refractivity contribution in [3.63, 3.8) is 0 Å². The summed E-state index contributed by atoms with van der Waals surface area (Å²) < 4.78 is 0. The Hall–Kier alpha value is -0.0800. The number of rotatable bonds is 5. The van der Waals surface area contributed by atoms with Gasteiger partial charge in [0.1, 0.15) is 0 Å². The van der Waals surface area contributed by atoms with Crippen LogP contribution < -0.4 is 0 Å². The lowest BCUT2D eigenvalue weighted by atomic mass is 10.0. The standard InChI is InChI=1S/C10H21NO/c1-4-10(3,12)8-11(5-2)9-6-7-9/h9,12H,4-8H2,1-3H3. The van der Waals surface area contributed by atoms with Gasteiger partial charge in [0.05, 0.1) is 5.60 Å². The van der Waals surface area contributed by atoms with E-state index in [4.69, 9.17) is 0 Å². The zero-order chi connectivity index (χ0) is 9.19. The average molecular weight is 171 g/mol. The summed E-state index contributed by atoms with van der Waals surface area (Å²) in [4.78, 5) is 2.39. The zero-order valence-electron chi connectivity index (χ0n) is 8.51. The lowest BCUT2D eigenvalue weighted by Crippen LogP contribution is -2.41. The maximum Gasteiger partial charge on any atom is 0.0743 e. The van der Waals surface area contributed by atoms with Crippen molar-refractivity contribution in [2.75, 3.05) is 13.1 Å². The highest BCUT2D eigenvalue weighted by Crippen LogP contribution is 2.28. The molecule has 0 amide bonds. The maximum atomic E-state index is 9.86. The molecule has 0 spiro atoms. The van der Waals surface area contributed by atoms with Crippen LogP contribution in [0.4, 0.5) is 0 Å². The van der Waals surface area contributed by atoms with Gasteiger partial charge in [0, 0.05) is 12.6 Å². The summed E-state index contributed by atoms with van der Waals surface area (Å²) in [5, 5.41) is 9.86. The summed E-state index contributed by atoms with van der Waals surface area (Å²) in [6.07, 6.45) is 3.50.